The van der Waals surface area contributed by atoms with E-state index in [9.17, 15) is 9.59 Å². The van der Waals surface area contributed by atoms with E-state index in [4.69, 9.17) is 4.42 Å². The second-order valence-corrected chi connectivity index (χ2v) is 6.68. The molecule has 4 rings (SSSR count). The standard InChI is InChI=1S/C22H20N4O3/c1-15-8-10-16(11-9-15)24-21(27)14-26-18-6-3-2-5-17(18)25-20(26)13-23-22(28)19-7-4-12-29-19/h2-12H,13-14H2,1H3,(H,23,28)(H,24,27). The second-order valence-electron chi connectivity index (χ2n) is 6.68. The Morgan fingerprint density at radius 1 is 1.03 bits per heavy atom. The summed E-state index contributed by atoms with van der Waals surface area (Å²) in [7, 11) is 0. The zero-order valence-corrected chi connectivity index (χ0v) is 15.9. The lowest BCUT2D eigenvalue weighted by Gasteiger charge is -2.11. The van der Waals surface area contributed by atoms with Crippen LogP contribution in [0.15, 0.2) is 71.3 Å². The van der Waals surface area contributed by atoms with Crippen molar-refractivity contribution in [2.45, 2.75) is 20.0 Å². The molecular formula is C22H20N4O3. The monoisotopic (exact) mass is 388 g/mol. The maximum absolute atomic E-state index is 12.6. The molecule has 2 aromatic carbocycles. The zero-order chi connectivity index (χ0) is 20.2. The summed E-state index contributed by atoms with van der Waals surface area (Å²) >= 11 is 0. The number of benzene rings is 2. The predicted molar refractivity (Wildman–Crippen MR) is 109 cm³/mol. The molecule has 0 spiro atoms. The van der Waals surface area contributed by atoms with E-state index in [1.165, 1.54) is 6.26 Å². The lowest BCUT2D eigenvalue weighted by Crippen LogP contribution is -2.26. The number of hydrogen-bond donors (Lipinski definition) is 2. The summed E-state index contributed by atoms with van der Waals surface area (Å²) < 4.78 is 6.92. The molecule has 2 heterocycles. The number of rotatable bonds is 6. The third-order valence-electron chi connectivity index (χ3n) is 4.52. The van der Waals surface area contributed by atoms with Gasteiger partial charge < -0.3 is 19.6 Å². The van der Waals surface area contributed by atoms with Crippen molar-refractivity contribution in [3.8, 4) is 0 Å². The minimum absolute atomic E-state index is 0.0837. The molecule has 2 amide bonds. The van der Waals surface area contributed by atoms with Crippen LogP contribution in [0.2, 0.25) is 0 Å². The molecule has 4 aromatic rings. The first-order valence-corrected chi connectivity index (χ1v) is 9.22. The predicted octanol–water partition coefficient (Wildman–Crippen LogP) is 3.51. The van der Waals surface area contributed by atoms with Gasteiger partial charge in [0.1, 0.15) is 12.4 Å². The molecule has 0 unspecified atom stereocenters. The van der Waals surface area contributed by atoms with Crippen molar-refractivity contribution in [3.05, 3.63) is 84.1 Å². The number of anilines is 1. The number of aryl methyl sites for hydroxylation is 1. The average Bonchev–Trinajstić information content (AvgIpc) is 3.37. The van der Waals surface area contributed by atoms with E-state index >= 15 is 0 Å². The van der Waals surface area contributed by atoms with E-state index in [2.05, 4.69) is 15.6 Å². The van der Waals surface area contributed by atoms with Crippen LogP contribution in [0.4, 0.5) is 5.69 Å². The molecule has 0 saturated carbocycles. The molecule has 2 N–H and O–H groups in total. The summed E-state index contributed by atoms with van der Waals surface area (Å²) in [4.78, 5) is 29.4. The number of imidazole rings is 1. The number of nitrogens with zero attached hydrogens (tertiary/aromatic N) is 2. The third kappa shape index (κ3) is 4.19. The van der Waals surface area contributed by atoms with Gasteiger partial charge in [0, 0.05) is 5.69 Å². The van der Waals surface area contributed by atoms with Crippen molar-refractivity contribution in [1.82, 2.24) is 14.9 Å². The number of carbonyl (C=O) groups excluding carboxylic acids is 2. The molecule has 2 aromatic heterocycles. The van der Waals surface area contributed by atoms with Crippen LogP contribution in [-0.2, 0) is 17.9 Å². The van der Waals surface area contributed by atoms with Crippen LogP contribution in [0.1, 0.15) is 21.9 Å². The first-order chi connectivity index (χ1) is 14.1. The van der Waals surface area contributed by atoms with Crippen molar-refractivity contribution >= 4 is 28.5 Å². The fraction of sp³-hybridized carbons (Fsp3) is 0.136. The first kappa shape index (κ1) is 18.5. The summed E-state index contributed by atoms with van der Waals surface area (Å²) in [6.07, 6.45) is 1.44. The van der Waals surface area contributed by atoms with Gasteiger partial charge in [-0.1, -0.05) is 29.8 Å². The van der Waals surface area contributed by atoms with Crippen molar-refractivity contribution in [2.24, 2.45) is 0 Å². The van der Waals surface area contributed by atoms with Crippen LogP contribution in [-0.4, -0.2) is 21.4 Å². The second kappa shape index (κ2) is 8.02. The Kier molecular flexibility index (Phi) is 5.11. The number of para-hydroxylation sites is 2. The van der Waals surface area contributed by atoms with Crippen LogP contribution >= 0.6 is 0 Å². The number of carbonyl (C=O) groups is 2. The summed E-state index contributed by atoms with van der Waals surface area (Å²) in [5, 5.41) is 5.68. The molecule has 0 fully saturated rings. The van der Waals surface area contributed by atoms with E-state index in [-0.39, 0.29) is 30.7 Å². The average molecular weight is 388 g/mol. The molecule has 7 heteroatoms. The van der Waals surface area contributed by atoms with Gasteiger partial charge in [0.05, 0.1) is 23.8 Å². The van der Waals surface area contributed by atoms with Gasteiger partial charge in [0.25, 0.3) is 5.91 Å². The third-order valence-corrected chi connectivity index (χ3v) is 4.52. The van der Waals surface area contributed by atoms with Gasteiger partial charge in [-0.3, -0.25) is 9.59 Å². The highest BCUT2D eigenvalue weighted by molar-refractivity contribution is 5.92. The lowest BCUT2D eigenvalue weighted by molar-refractivity contribution is -0.116. The Balaban J connectivity index is 1.53. The highest BCUT2D eigenvalue weighted by atomic mass is 16.3. The number of aromatic nitrogens is 2. The topological polar surface area (TPSA) is 89.2 Å². The summed E-state index contributed by atoms with van der Waals surface area (Å²) in [6.45, 7) is 2.25. The molecular weight excluding hydrogens is 368 g/mol. The molecule has 7 nitrogen and oxygen atoms in total. The zero-order valence-electron chi connectivity index (χ0n) is 15.9. The molecule has 0 radical (unpaired) electrons. The number of hydrogen-bond acceptors (Lipinski definition) is 4. The van der Waals surface area contributed by atoms with E-state index in [1.54, 1.807) is 16.7 Å². The van der Waals surface area contributed by atoms with E-state index < -0.39 is 0 Å². The fourth-order valence-corrected chi connectivity index (χ4v) is 3.07. The van der Waals surface area contributed by atoms with Gasteiger partial charge in [-0.05, 0) is 43.3 Å². The van der Waals surface area contributed by atoms with Crippen molar-refractivity contribution in [2.75, 3.05) is 5.32 Å². The number of amides is 2. The van der Waals surface area contributed by atoms with Gasteiger partial charge in [-0.15, -0.1) is 0 Å². The molecule has 0 atom stereocenters. The summed E-state index contributed by atoms with van der Waals surface area (Å²) in [5.74, 6) is 0.309. The molecule has 29 heavy (non-hydrogen) atoms. The van der Waals surface area contributed by atoms with E-state index in [1.807, 2.05) is 55.5 Å². The van der Waals surface area contributed by atoms with Crippen molar-refractivity contribution in [3.63, 3.8) is 0 Å². The maximum atomic E-state index is 12.6. The number of fused-ring (bicyclic) bond motifs is 1. The van der Waals surface area contributed by atoms with Crippen LogP contribution in [0.25, 0.3) is 11.0 Å². The summed E-state index contributed by atoms with van der Waals surface area (Å²) in [5.41, 5.74) is 3.45. The Hall–Kier alpha value is -3.87. The van der Waals surface area contributed by atoms with Gasteiger partial charge in [-0.25, -0.2) is 4.98 Å². The molecule has 0 aliphatic carbocycles. The first-order valence-electron chi connectivity index (χ1n) is 9.22. The van der Waals surface area contributed by atoms with Crippen molar-refractivity contribution < 1.29 is 14.0 Å². The summed E-state index contributed by atoms with van der Waals surface area (Å²) in [6, 6.07) is 18.4. The highest BCUT2D eigenvalue weighted by Crippen LogP contribution is 2.17. The van der Waals surface area contributed by atoms with Gasteiger partial charge in [-0.2, -0.15) is 0 Å². The Bertz CT molecular complexity index is 1140. The molecule has 0 saturated heterocycles. The quantitative estimate of drug-likeness (QED) is 0.529. The Morgan fingerprint density at radius 2 is 1.83 bits per heavy atom. The van der Waals surface area contributed by atoms with E-state index in [0.29, 0.717) is 5.82 Å². The van der Waals surface area contributed by atoms with Crippen LogP contribution in [0.5, 0.6) is 0 Å². The Labute approximate surface area is 167 Å². The number of furan rings is 1. The number of nitrogens with one attached hydrogen (secondary N) is 2. The van der Waals surface area contributed by atoms with Crippen LogP contribution in [0.3, 0.4) is 0 Å². The molecule has 0 aliphatic heterocycles. The van der Waals surface area contributed by atoms with Crippen molar-refractivity contribution in [1.29, 1.82) is 0 Å². The molecule has 0 bridgehead atoms. The lowest BCUT2D eigenvalue weighted by atomic mass is 10.2. The van der Waals surface area contributed by atoms with E-state index in [0.717, 1.165) is 22.3 Å². The fourth-order valence-electron chi connectivity index (χ4n) is 3.07. The highest BCUT2D eigenvalue weighted by Gasteiger charge is 2.16. The molecule has 146 valence electrons. The van der Waals surface area contributed by atoms with Gasteiger partial charge in [0.15, 0.2) is 5.76 Å². The van der Waals surface area contributed by atoms with Crippen LogP contribution in [0, 0.1) is 6.92 Å². The smallest absolute Gasteiger partial charge is 0.287 e. The van der Waals surface area contributed by atoms with Gasteiger partial charge >= 0.3 is 0 Å². The SMILES string of the molecule is Cc1ccc(NC(=O)Cn2c(CNC(=O)c3ccco3)nc3ccccc32)cc1. The van der Waals surface area contributed by atoms with Gasteiger partial charge in [0.2, 0.25) is 5.91 Å². The molecule has 0 aliphatic rings. The normalized spacial score (nSPS) is 10.8. The maximum Gasteiger partial charge on any atom is 0.287 e. The largest absolute Gasteiger partial charge is 0.459 e. The van der Waals surface area contributed by atoms with Crippen LogP contribution < -0.4 is 10.6 Å². The minimum atomic E-state index is -0.335. The minimum Gasteiger partial charge on any atom is -0.459 e. The Morgan fingerprint density at radius 3 is 2.59 bits per heavy atom.